The van der Waals surface area contributed by atoms with E-state index in [9.17, 15) is 28.8 Å². The minimum atomic E-state index is -0.867. The van der Waals surface area contributed by atoms with E-state index in [1.165, 1.54) is 0 Å². The van der Waals surface area contributed by atoms with Crippen LogP contribution in [0.25, 0.3) is 32.8 Å². The fourth-order valence-corrected chi connectivity index (χ4v) is 10.8. The molecule has 17 nitrogen and oxygen atoms in total. The molecule has 1 aliphatic carbocycles. The van der Waals surface area contributed by atoms with Crippen LogP contribution in [0.2, 0.25) is 0 Å². The Morgan fingerprint density at radius 3 is 2.09 bits per heavy atom. The number of halogens is 1. The molecule has 402 valence electrons. The van der Waals surface area contributed by atoms with Gasteiger partial charge in [-0.2, -0.15) is 0 Å². The van der Waals surface area contributed by atoms with Gasteiger partial charge in [0.25, 0.3) is 11.8 Å². The second-order valence-corrected chi connectivity index (χ2v) is 20.8. The van der Waals surface area contributed by atoms with Crippen molar-refractivity contribution in [1.82, 2.24) is 30.7 Å². The van der Waals surface area contributed by atoms with Crippen LogP contribution in [-0.2, 0) is 14.3 Å². The third-order valence-electron chi connectivity index (χ3n) is 14.9. The van der Waals surface area contributed by atoms with Crippen molar-refractivity contribution >= 4 is 86.2 Å². The van der Waals surface area contributed by atoms with Gasteiger partial charge in [0, 0.05) is 103 Å². The number of rotatable bonds is 16. The van der Waals surface area contributed by atoms with Crippen molar-refractivity contribution in [3.05, 3.63) is 155 Å². The number of alkyl halides is 1. The molecule has 3 aliphatic rings. The van der Waals surface area contributed by atoms with Gasteiger partial charge in [-0.15, -0.1) is 11.6 Å². The number of ether oxygens (including phenoxy) is 2. The molecule has 0 bridgehead atoms. The van der Waals surface area contributed by atoms with Crippen molar-refractivity contribution in [1.29, 1.82) is 0 Å². The number of H-pyrrole nitrogens is 1. The number of nitrogens with one attached hydrogen (secondary N) is 6. The van der Waals surface area contributed by atoms with Gasteiger partial charge >= 0.3 is 12.2 Å². The van der Waals surface area contributed by atoms with Gasteiger partial charge in [0.05, 0.1) is 11.7 Å². The molecule has 6 aromatic carbocycles. The molecule has 0 spiro atoms. The lowest BCUT2D eigenvalue weighted by Gasteiger charge is -2.31. The molecular weight excluding hydrogens is 1010 g/mol. The first kappa shape index (κ1) is 53.2. The number of carbonyl (C=O) groups excluding carboxylic acids is 6. The fourth-order valence-electron chi connectivity index (χ4n) is 10.6. The molecule has 0 radical (unpaired) electrons. The van der Waals surface area contributed by atoms with E-state index in [-0.39, 0.29) is 55.1 Å². The second kappa shape index (κ2) is 23.2. The SMILES string of the molecule is CC(C)C(NC(=O)[C@H](C)NCCNC(=O)OCC1c2ccccc2-c2ccccc21)C(=O)Nc1ccc(C(=O)Nc2ccc3[nH]c(C(=O)N4C[C@@H](CCl)c5c4cc(OC(=O)N4CCN(C)CC4)c4ccccc54)cc3c2)cc1. The zero-order valence-electron chi connectivity index (χ0n) is 43.9. The fraction of sp³-hybridized carbons (Fsp3) is 0.300. The highest BCUT2D eigenvalue weighted by atomic mass is 35.5. The predicted octanol–water partition coefficient (Wildman–Crippen LogP) is 8.90. The molecule has 6 amide bonds. The number of carbonyl (C=O) groups is 6. The maximum absolute atomic E-state index is 14.4. The van der Waals surface area contributed by atoms with Gasteiger partial charge in [-0.1, -0.05) is 86.6 Å². The monoisotopic (exact) mass is 1070 g/mol. The normalized spacial score (nSPS) is 15.8. The zero-order valence-corrected chi connectivity index (χ0v) is 44.6. The van der Waals surface area contributed by atoms with Crippen LogP contribution in [0.4, 0.5) is 26.7 Å². The van der Waals surface area contributed by atoms with Crippen molar-refractivity contribution in [3.63, 3.8) is 0 Å². The number of nitrogens with zero attached hydrogens (tertiary/aromatic N) is 3. The Morgan fingerprint density at radius 2 is 1.40 bits per heavy atom. The average Bonchev–Trinajstić information content (AvgIpc) is 4.36. The third kappa shape index (κ3) is 11.3. The minimum absolute atomic E-state index is 0.0561. The van der Waals surface area contributed by atoms with Crippen LogP contribution in [0, 0.1) is 5.92 Å². The summed E-state index contributed by atoms with van der Waals surface area (Å²) >= 11 is 6.56. The molecule has 1 unspecified atom stereocenters. The summed E-state index contributed by atoms with van der Waals surface area (Å²) in [7, 11) is 2.02. The summed E-state index contributed by atoms with van der Waals surface area (Å²) in [6.45, 7) is 8.97. The highest BCUT2D eigenvalue weighted by Gasteiger charge is 2.37. The van der Waals surface area contributed by atoms with E-state index >= 15 is 0 Å². The van der Waals surface area contributed by atoms with E-state index in [0.717, 1.165) is 51.7 Å². The number of anilines is 3. The molecule has 3 atom stereocenters. The summed E-state index contributed by atoms with van der Waals surface area (Å²) in [5.41, 5.74) is 8.38. The maximum atomic E-state index is 14.4. The molecule has 78 heavy (non-hydrogen) atoms. The molecule has 0 saturated carbocycles. The first-order chi connectivity index (χ1) is 37.7. The van der Waals surface area contributed by atoms with E-state index in [4.69, 9.17) is 21.1 Å². The van der Waals surface area contributed by atoms with Crippen LogP contribution in [0.1, 0.15) is 70.1 Å². The van der Waals surface area contributed by atoms with Gasteiger partial charge in [-0.25, -0.2) is 9.59 Å². The largest absolute Gasteiger partial charge is 0.449 e. The molecule has 18 heteroatoms. The number of hydrogen-bond acceptors (Lipinski definition) is 10. The van der Waals surface area contributed by atoms with Gasteiger partial charge in [0.1, 0.15) is 24.1 Å². The molecule has 7 aromatic rings. The number of aromatic amines is 1. The Labute approximate surface area is 457 Å². The van der Waals surface area contributed by atoms with Crippen molar-refractivity contribution < 1.29 is 38.2 Å². The molecule has 1 fully saturated rings. The zero-order chi connectivity index (χ0) is 54.6. The van der Waals surface area contributed by atoms with Gasteiger partial charge in [0.15, 0.2) is 0 Å². The summed E-state index contributed by atoms with van der Waals surface area (Å²) in [5.74, 6) is -1.31. The molecule has 2 aliphatic heterocycles. The number of aromatic nitrogens is 1. The van der Waals surface area contributed by atoms with Crippen molar-refractivity contribution in [2.75, 3.05) is 80.9 Å². The summed E-state index contributed by atoms with van der Waals surface area (Å²) < 4.78 is 11.7. The van der Waals surface area contributed by atoms with E-state index in [1.54, 1.807) is 71.3 Å². The first-order valence-corrected chi connectivity index (χ1v) is 26.8. The average molecular weight is 1070 g/mol. The molecule has 3 heterocycles. The summed E-state index contributed by atoms with van der Waals surface area (Å²) in [6.07, 6.45) is -0.989. The Kier molecular flexibility index (Phi) is 15.8. The Bertz CT molecular complexity index is 3380. The lowest BCUT2D eigenvalue weighted by molar-refractivity contribution is -0.128. The molecule has 1 saturated heterocycles. The summed E-state index contributed by atoms with van der Waals surface area (Å²) in [5, 5.41) is 16.8. The number of likely N-dealkylation sites (N-methyl/N-ethyl adjacent to an activating group) is 1. The Hall–Kier alpha value is -8.25. The third-order valence-corrected chi connectivity index (χ3v) is 15.2. The van der Waals surface area contributed by atoms with Crippen LogP contribution in [0.3, 0.4) is 0 Å². The highest BCUT2D eigenvalue weighted by Crippen LogP contribution is 2.47. The van der Waals surface area contributed by atoms with E-state index in [0.29, 0.717) is 64.6 Å². The standard InChI is InChI=1S/C60H62ClN9O8/c1-35(2)54(67-55(71)36(3)62-23-24-63-59(75)77-34-48-44-13-7-5-11-42(44)43-12-6-8-14-45(43)48)57(73)64-40-19-17-37(18-20-40)56(72)65-41-21-22-49-38(29-41)30-50(66-49)58(74)70-33-39(32-61)53-47-16-10-9-15-46(47)52(31-51(53)70)78-60(76)69-27-25-68(4)26-28-69/h5-22,29-31,35-36,39,48,54,62,66H,23-28,32-34H2,1-4H3,(H,63,75)(H,64,73)(H,65,72)(H,67,71)/t36-,39+,54?/m0/s1. The highest BCUT2D eigenvalue weighted by molar-refractivity contribution is 6.19. The first-order valence-electron chi connectivity index (χ1n) is 26.3. The summed E-state index contributed by atoms with van der Waals surface area (Å²) in [6, 6.07) is 37.6. The second-order valence-electron chi connectivity index (χ2n) is 20.4. The van der Waals surface area contributed by atoms with E-state index in [1.807, 2.05) is 69.4 Å². The molecular formula is C60H62ClN9O8. The number of piperazine rings is 1. The smallest absolute Gasteiger partial charge is 0.415 e. The molecule has 6 N–H and O–H groups in total. The van der Waals surface area contributed by atoms with E-state index < -0.39 is 36.1 Å². The maximum Gasteiger partial charge on any atom is 0.415 e. The quantitative estimate of drug-likeness (QED) is 0.0400. The number of alkyl carbamates (subject to hydrolysis) is 1. The Morgan fingerprint density at radius 1 is 0.731 bits per heavy atom. The number of fused-ring (bicyclic) bond motifs is 7. The van der Waals surface area contributed by atoms with Gasteiger partial charge in [-0.3, -0.25) is 19.2 Å². The number of amides is 6. The van der Waals surface area contributed by atoms with Crippen molar-refractivity contribution in [2.24, 2.45) is 5.92 Å². The van der Waals surface area contributed by atoms with E-state index in [2.05, 4.69) is 60.7 Å². The van der Waals surface area contributed by atoms with Crippen LogP contribution >= 0.6 is 11.6 Å². The van der Waals surface area contributed by atoms with Crippen LogP contribution in [-0.4, -0.2) is 128 Å². The number of hydrogen-bond donors (Lipinski definition) is 6. The lowest BCUT2D eigenvalue weighted by atomic mass is 9.95. The molecule has 1 aromatic heterocycles. The summed E-state index contributed by atoms with van der Waals surface area (Å²) in [4.78, 5) is 89.5. The Balaban J connectivity index is 0.708. The van der Waals surface area contributed by atoms with Gasteiger partial charge < -0.3 is 55.7 Å². The van der Waals surface area contributed by atoms with Crippen molar-refractivity contribution in [2.45, 2.75) is 44.7 Å². The topological polar surface area (TPSA) is 207 Å². The van der Waals surface area contributed by atoms with Gasteiger partial charge in [0.2, 0.25) is 11.8 Å². The van der Waals surface area contributed by atoms with Crippen molar-refractivity contribution in [3.8, 4) is 16.9 Å². The van der Waals surface area contributed by atoms with Crippen LogP contribution in [0.15, 0.2) is 127 Å². The lowest BCUT2D eigenvalue weighted by Crippen LogP contribution is -2.53. The van der Waals surface area contributed by atoms with Gasteiger partial charge in [-0.05, 0) is 102 Å². The van der Waals surface area contributed by atoms with Crippen LogP contribution < -0.4 is 36.2 Å². The number of benzene rings is 6. The minimum Gasteiger partial charge on any atom is -0.449 e. The predicted molar refractivity (Wildman–Crippen MR) is 303 cm³/mol. The molecule has 10 rings (SSSR count). The van der Waals surface area contributed by atoms with Crippen LogP contribution in [0.5, 0.6) is 5.75 Å².